The molecular formula is C17H19. The van der Waals surface area contributed by atoms with E-state index in [2.05, 4.69) is 70.2 Å². The minimum atomic E-state index is 0.178. The maximum atomic E-state index is 4.12. The van der Waals surface area contributed by atoms with Crippen LogP contribution in [0.3, 0.4) is 0 Å². The fourth-order valence-corrected chi connectivity index (χ4v) is 1.93. The van der Waals surface area contributed by atoms with Crippen molar-refractivity contribution in [3.63, 3.8) is 0 Å². The summed E-state index contributed by atoms with van der Waals surface area (Å²) in [7, 11) is 0. The van der Waals surface area contributed by atoms with Crippen LogP contribution in [-0.4, -0.2) is 0 Å². The Balaban J connectivity index is 2.55. The van der Waals surface area contributed by atoms with Crippen LogP contribution in [0.15, 0.2) is 48.5 Å². The van der Waals surface area contributed by atoms with E-state index in [9.17, 15) is 0 Å². The summed E-state index contributed by atoms with van der Waals surface area (Å²) in [6.45, 7) is 10.8. The number of benzene rings is 2. The molecule has 0 spiro atoms. The average Bonchev–Trinajstić information content (AvgIpc) is 2.29. The summed E-state index contributed by atoms with van der Waals surface area (Å²) in [6.07, 6.45) is 0. The van der Waals surface area contributed by atoms with Crippen LogP contribution < -0.4 is 0 Å². The van der Waals surface area contributed by atoms with Gasteiger partial charge in [0.1, 0.15) is 0 Å². The van der Waals surface area contributed by atoms with Crippen LogP contribution >= 0.6 is 0 Å². The fourth-order valence-electron chi connectivity index (χ4n) is 1.93. The van der Waals surface area contributed by atoms with Crippen molar-refractivity contribution in [2.45, 2.75) is 26.2 Å². The Hall–Kier alpha value is -1.56. The number of rotatable bonds is 1. The molecule has 2 rings (SSSR count). The van der Waals surface area contributed by atoms with Crippen LogP contribution in [0.5, 0.6) is 0 Å². The molecule has 2 aromatic carbocycles. The van der Waals surface area contributed by atoms with Crippen LogP contribution in [0.1, 0.15) is 31.9 Å². The molecule has 0 heterocycles. The van der Waals surface area contributed by atoms with E-state index < -0.39 is 0 Å². The minimum Gasteiger partial charge on any atom is -0.0622 e. The Morgan fingerprint density at radius 3 is 2.12 bits per heavy atom. The van der Waals surface area contributed by atoms with Gasteiger partial charge in [-0.3, -0.25) is 0 Å². The van der Waals surface area contributed by atoms with E-state index in [1.54, 1.807) is 0 Å². The maximum Gasteiger partial charge on any atom is -0.0132 e. The molecule has 0 heteroatoms. The summed E-state index contributed by atoms with van der Waals surface area (Å²) in [5.74, 6) is 0. The van der Waals surface area contributed by atoms with Crippen molar-refractivity contribution >= 4 is 0 Å². The number of hydrogen-bond acceptors (Lipinski definition) is 0. The first kappa shape index (κ1) is 11.9. The predicted octanol–water partition coefficient (Wildman–Crippen LogP) is 4.83. The highest BCUT2D eigenvalue weighted by molar-refractivity contribution is 5.69. The van der Waals surface area contributed by atoms with Crippen molar-refractivity contribution in [2.75, 3.05) is 0 Å². The third-order valence-electron chi connectivity index (χ3n) is 3.06. The fraction of sp³-hybridized carbons (Fsp3) is 0.235. The molecule has 0 aromatic heterocycles. The second-order valence-electron chi connectivity index (χ2n) is 5.49. The van der Waals surface area contributed by atoms with Gasteiger partial charge in [-0.05, 0) is 34.6 Å². The first-order valence-electron chi connectivity index (χ1n) is 6.00. The van der Waals surface area contributed by atoms with E-state index in [1.165, 1.54) is 16.7 Å². The lowest BCUT2D eigenvalue weighted by atomic mass is 9.84. The Kier molecular flexibility index (Phi) is 3.06. The summed E-state index contributed by atoms with van der Waals surface area (Å²) in [5, 5.41) is 0. The Morgan fingerprint density at radius 2 is 1.53 bits per heavy atom. The Morgan fingerprint density at radius 1 is 0.882 bits per heavy atom. The molecule has 0 N–H and O–H groups in total. The van der Waals surface area contributed by atoms with Crippen molar-refractivity contribution in [1.82, 2.24) is 0 Å². The normalized spacial score (nSPS) is 11.5. The van der Waals surface area contributed by atoms with E-state index >= 15 is 0 Å². The van der Waals surface area contributed by atoms with Crippen LogP contribution in [-0.2, 0) is 5.41 Å². The highest BCUT2D eigenvalue weighted by Crippen LogP contribution is 2.29. The van der Waals surface area contributed by atoms with Gasteiger partial charge in [0.15, 0.2) is 0 Å². The summed E-state index contributed by atoms with van der Waals surface area (Å²) < 4.78 is 0. The molecule has 0 fully saturated rings. The molecule has 0 aliphatic heterocycles. The van der Waals surface area contributed by atoms with E-state index in [-0.39, 0.29) is 5.41 Å². The monoisotopic (exact) mass is 223 g/mol. The smallest absolute Gasteiger partial charge is 0.0132 e. The zero-order valence-electron chi connectivity index (χ0n) is 10.8. The van der Waals surface area contributed by atoms with Crippen molar-refractivity contribution in [2.24, 2.45) is 0 Å². The Bertz CT molecular complexity index is 501. The van der Waals surface area contributed by atoms with E-state index in [0.717, 1.165) is 5.56 Å². The van der Waals surface area contributed by atoms with Gasteiger partial charge in [-0.2, -0.15) is 0 Å². The quantitative estimate of drug-likeness (QED) is 0.649. The topological polar surface area (TPSA) is 0 Å². The minimum absolute atomic E-state index is 0.178. The van der Waals surface area contributed by atoms with Crippen molar-refractivity contribution < 1.29 is 0 Å². The van der Waals surface area contributed by atoms with Crippen molar-refractivity contribution in [1.29, 1.82) is 0 Å². The number of hydrogen-bond donors (Lipinski definition) is 0. The summed E-state index contributed by atoms with van der Waals surface area (Å²) in [4.78, 5) is 0. The molecule has 0 amide bonds. The summed E-state index contributed by atoms with van der Waals surface area (Å²) in [6, 6.07) is 17.0. The SMILES string of the molecule is [CH2]c1ccc(C(C)(C)C)cc1-c1ccccc1. The molecule has 0 atom stereocenters. The molecule has 0 saturated heterocycles. The first-order chi connectivity index (χ1) is 7.98. The van der Waals surface area contributed by atoms with Gasteiger partial charge >= 0.3 is 0 Å². The molecule has 0 unspecified atom stereocenters. The summed E-state index contributed by atoms with van der Waals surface area (Å²) >= 11 is 0. The standard InChI is InChI=1S/C17H19/c1-13-10-11-15(17(2,3)4)12-16(13)14-8-6-5-7-9-14/h5-12H,1H2,2-4H3. The van der Waals surface area contributed by atoms with Crippen molar-refractivity contribution in [3.8, 4) is 11.1 Å². The lowest BCUT2D eigenvalue weighted by Crippen LogP contribution is -2.11. The molecule has 2 aromatic rings. The lowest BCUT2D eigenvalue weighted by molar-refractivity contribution is 0.590. The second-order valence-corrected chi connectivity index (χ2v) is 5.49. The predicted molar refractivity (Wildman–Crippen MR) is 75.0 cm³/mol. The molecule has 0 aliphatic carbocycles. The molecule has 17 heavy (non-hydrogen) atoms. The average molecular weight is 223 g/mol. The van der Waals surface area contributed by atoms with Crippen LogP contribution in [0, 0.1) is 6.92 Å². The zero-order valence-corrected chi connectivity index (χ0v) is 10.8. The third-order valence-corrected chi connectivity index (χ3v) is 3.06. The summed E-state index contributed by atoms with van der Waals surface area (Å²) in [5.41, 5.74) is 5.09. The van der Waals surface area contributed by atoms with Gasteiger partial charge in [0, 0.05) is 0 Å². The largest absolute Gasteiger partial charge is 0.0622 e. The maximum absolute atomic E-state index is 4.12. The molecule has 0 bridgehead atoms. The molecule has 0 saturated carbocycles. The molecule has 0 nitrogen and oxygen atoms in total. The van der Waals surface area contributed by atoms with Gasteiger partial charge in [-0.1, -0.05) is 69.3 Å². The third kappa shape index (κ3) is 2.58. The van der Waals surface area contributed by atoms with Crippen molar-refractivity contribution in [3.05, 3.63) is 66.6 Å². The lowest BCUT2D eigenvalue weighted by Gasteiger charge is -2.21. The van der Waals surface area contributed by atoms with Crippen LogP contribution in [0.25, 0.3) is 11.1 Å². The van der Waals surface area contributed by atoms with E-state index in [4.69, 9.17) is 0 Å². The van der Waals surface area contributed by atoms with Gasteiger partial charge in [0.2, 0.25) is 0 Å². The molecular weight excluding hydrogens is 204 g/mol. The van der Waals surface area contributed by atoms with Gasteiger partial charge < -0.3 is 0 Å². The highest BCUT2D eigenvalue weighted by Gasteiger charge is 2.14. The second kappa shape index (κ2) is 4.37. The van der Waals surface area contributed by atoms with Gasteiger partial charge in [0.05, 0.1) is 0 Å². The van der Waals surface area contributed by atoms with Crippen LogP contribution in [0.2, 0.25) is 0 Å². The molecule has 87 valence electrons. The Labute approximate surface area is 104 Å². The molecule has 1 radical (unpaired) electrons. The van der Waals surface area contributed by atoms with Gasteiger partial charge in [0.25, 0.3) is 0 Å². The van der Waals surface area contributed by atoms with E-state index in [0.29, 0.717) is 0 Å². The zero-order chi connectivity index (χ0) is 12.5. The molecule has 0 aliphatic rings. The highest BCUT2D eigenvalue weighted by atomic mass is 14.2. The van der Waals surface area contributed by atoms with Gasteiger partial charge in [-0.15, -0.1) is 0 Å². The first-order valence-corrected chi connectivity index (χ1v) is 6.00. The van der Waals surface area contributed by atoms with E-state index in [1.807, 2.05) is 6.07 Å². The van der Waals surface area contributed by atoms with Gasteiger partial charge in [-0.25, -0.2) is 0 Å². The van der Waals surface area contributed by atoms with Crippen LogP contribution in [0.4, 0.5) is 0 Å².